The van der Waals surface area contributed by atoms with Gasteiger partial charge in [0, 0.05) is 5.92 Å². The van der Waals surface area contributed by atoms with Gasteiger partial charge >= 0.3 is 0 Å². The van der Waals surface area contributed by atoms with Crippen LogP contribution in [0.3, 0.4) is 0 Å². The van der Waals surface area contributed by atoms with Crippen molar-refractivity contribution < 1.29 is 0 Å². The fourth-order valence-corrected chi connectivity index (χ4v) is 3.81. The Labute approximate surface area is 98.1 Å². The first-order valence-corrected chi connectivity index (χ1v) is 6.80. The molecule has 0 nitrogen and oxygen atoms in total. The van der Waals surface area contributed by atoms with Crippen LogP contribution in [0.4, 0.5) is 0 Å². The Morgan fingerprint density at radius 1 is 1.12 bits per heavy atom. The molecule has 0 bridgehead atoms. The molecule has 0 N–H and O–H groups in total. The molecule has 1 aromatic carbocycles. The second kappa shape index (κ2) is 3.64. The molecule has 0 radical (unpaired) electrons. The van der Waals surface area contributed by atoms with Crippen molar-refractivity contribution in [1.29, 1.82) is 0 Å². The molecule has 0 amide bonds. The number of allylic oxidation sites excluding steroid dienone is 1. The minimum atomic E-state index is 0.563. The highest BCUT2D eigenvalue weighted by Gasteiger charge is 2.22. The van der Waals surface area contributed by atoms with Crippen molar-refractivity contribution in [2.45, 2.75) is 19.8 Å². The molecule has 2 atom stereocenters. The largest absolute Gasteiger partial charge is 0.132 e. The average Bonchev–Trinajstić information content (AvgIpc) is 2.84. The number of fused-ring (bicyclic) bond motifs is 1. The molecule has 1 aliphatic rings. The van der Waals surface area contributed by atoms with Gasteiger partial charge in [0.2, 0.25) is 0 Å². The Kier molecular flexibility index (Phi) is 2.26. The van der Waals surface area contributed by atoms with Crippen molar-refractivity contribution >= 4 is 19.8 Å². The third-order valence-electron chi connectivity index (χ3n) is 3.48. The van der Waals surface area contributed by atoms with Gasteiger partial charge in [0.05, 0.1) is 0 Å². The first-order valence-electron chi connectivity index (χ1n) is 5.72. The van der Waals surface area contributed by atoms with Crippen molar-refractivity contribution in [2.75, 3.05) is 0 Å². The molecule has 1 heterocycles. The highest BCUT2D eigenvalue weighted by Crippen LogP contribution is 2.45. The average molecular weight is 226 g/mol. The van der Waals surface area contributed by atoms with E-state index >= 15 is 0 Å². The van der Waals surface area contributed by atoms with Crippen LogP contribution in [0.25, 0.3) is 11.6 Å². The van der Waals surface area contributed by atoms with E-state index in [-0.39, 0.29) is 0 Å². The summed E-state index contributed by atoms with van der Waals surface area (Å²) >= 11 is 0. The van der Waals surface area contributed by atoms with E-state index in [1.54, 1.807) is 5.30 Å². The monoisotopic (exact) mass is 226 g/mol. The third kappa shape index (κ3) is 1.37. The van der Waals surface area contributed by atoms with Gasteiger partial charge in [0.15, 0.2) is 0 Å². The van der Waals surface area contributed by atoms with Crippen LogP contribution in [0.15, 0.2) is 36.1 Å². The van der Waals surface area contributed by atoms with Gasteiger partial charge in [-0.25, -0.2) is 0 Å². The van der Waals surface area contributed by atoms with Crippen molar-refractivity contribution in [3.8, 4) is 0 Å². The summed E-state index contributed by atoms with van der Waals surface area (Å²) in [6.45, 7) is 4.54. The molecule has 0 aliphatic heterocycles. The lowest BCUT2D eigenvalue weighted by Crippen LogP contribution is -1.91. The van der Waals surface area contributed by atoms with Gasteiger partial charge in [-0.1, -0.05) is 37.3 Å². The summed E-state index contributed by atoms with van der Waals surface area (Å²) in [6, 6.07) is 11.0. The summed E-state index contributed by atoms with van der Waals surface area (Å²) in [6.07, 6.45) is 2.37. The highest BCUT2D eigenvalue weighted by molar-refractivity contribution is 7.31. The van der Waals surface area contributed by atoms with E-state index in [4.69, 9.17) is 0 Å². The van der Waals surface area contributed by atoms with Gasteiger partial charge in [0.1, 0.15) is 0 Å². The summed E-state index contributed by atoms with van der Waals surface area (Å²) in [7, 11) is 0.859. The van der Waals surface area contributed by atoms with Crippen LogP contribution >= 0.6 is 8.19 Å². The van der Waals surface area contributed by atoms with Crippen LogP contribution in [0, 0.1) is 6.92 Å². The number of benzene rings is 1. The Morgan fingerprint density at radius 3 is 2.62 bits per heavy atom. The SMILES string of the molecule is Cc1cc[pH]c1C1=Cc2ccccc2C1C. The molecule has 2 aromatic rings. The second-order valence-corrected chi connectivity index (χ2v) is 5.61. The molecular formula is C15H15P. The zero-order chi connectivity index (χ0) is 11.1. The van der Waals surface area contributed by atoms with E-state index in [1.807, 2.05) is 0 Å². The van der Waals surface area contributed by atoms with Crippen LogP contribution in [0.1, 0.15) is 34.8 Å². The van der Waals surface area contributed by atoms with Gasteiger partial charge in [-0.05, 0) is 46.4 Å². The van der Waals surface area contributed by atoms with Crippen molar-refractivity contribution in [2.24, 2.45) is 0 Å². The van der Waals surface area contributed by atoms with Crippen LogP contribution in [-0.2, 0) is 0 Å². The van der Waals surface area contributed by atoms with E-state index in [0.29, 0.717) is 5.92 Å². The van der Waals surface area contributed by atoms with Gasteiger partial charge in [-0.15, -0.1) is 8.19 Å². The van der Waals surface area contributed by atoms with E-state index < -0.39 is 0 Å². The Morgan fingerprint density at radius 2 is 1.94 bits per heavy atom. The normalized spacial score (nSPS) is 18.9. The first-order chi connectivity index (χ1) is 7.77. The second-order valence-electron chi connectivity index (χ2n) is 4.49. The summed E-state index contributed by atoms with van der Waals surface area (Å²) in [5.41, 5.74) is 5.86. The van der Waals surface area contributed by atoms with Gasteiger partial charge in [0.25, 0.3) is 0 Å². The summed E-state index contributed by atoms with van der Waals surface area (Å²) in [5, 5.41) is 1.56. The maximum Gasteiger partial charge on any atom is 0.00763 e. The van der Waals surface area contributed by atoms with Crippen molar-refractivity contribution in [3.05, 3.63) is 58.1 Å². The fourth-order valence-electron chi connectivity index (χ4n) is 2.54. The molecule has 1 heteroatoms. The quantitative estimate of drug-likeness (QED) is 0.662. The molecule has 1 aliphatic carbocycles. The maximum absolute atomic E-state index is 2.37. The molecule has 2 unspecified atom stereocenters. The fraction of sp³-hybridized carbons (Fsp3) is 0.200. The van der Waals surface area contributed by atoms with Crippen LogP contribution in [0.2, 0.25) is 0 Å². The van der Waals surface area contributed by atoms with Gasteiger partial charge in [-0.3, -0.25) is 0 Å². The number of hydrogen-bond donors (Lipinski definition) is 0. The number of aryl methyl sites for hydroxylation is 1. The van der Waals surface area contributed by atoms with E-state index in [2.05, 4.69) is 56.1 Å². The Hall–Kier alpha value is -1.26. The summed E-state index contributed by atoms with van der Waals surface area (Å²) in [5.74, 6) is 2.86. The van der Waals surface area contributed by atoms with E-state index in [1.165, 1.54) is 22.3 Å². The molecular weight excluding hydrogens is 211 g/mol. The molecule has 80 valence electrons. The Balaban J connectivity index is 2.12. The van der Waals surface area contributed by atoms with E-state index in [9.17, 15) is 0 Å². The first kappa shape index (κ1) is 9.93. The zero-order valence-electron chi connectivity index (χ0n) is 9.62. The lowest BCUT2D eigenvalue weighted by molar-refractivity contribution is 1.01. The summed E-state index contributed by atoms with van der Waals surface area (Å²) < 4.78 is 0. The molecule has 0 saturated heterocycles. The van der Waals surface area contributed by atoms with Crippen LogP contribution in [-0.4, -0.2) is 0 Å². The molecule has 0 spiro atoms. The van der Waals surface area contributed by atoms with E-state index in [0.717, 1.165) is 8.19 Å². The molecule has 1 aromatic heterocycles. The maximum atomic E-state index is 2.37. The predicted molar refractivity (Wildman–Crippen MR) is 73.4 cm³/mol. The topological polar surface area (TPSA) is 0 Å². The zero-order valence-corrected chi connectivity index (χ0v) is 10.6. The highest BCUT2D eigenvalue weighted by atomic mass is 31.0. The van der Waals surface area contributed by atoms with Gasteiger partial charge in [-0.2, -0.15) is 0 Å². The number of rotatable bonds is 1. The minimum absolute atomic E-state index is 0.563. The molecule has 16 heavy (non-hydrogen) atoms. The molecule has 3 rings (SSSR count). The molecule has 0 saturated carbocycles. The van der Waals surface area contributed by atoms with Gasteiger partial charge < -0.3 is 0 Å². The van der Waals surface area contributed by atoms with Crippen LogP contribution in [0.5, 0.6) is 0 Å². The van der Waals surface area contributed by atoms with Crippen molar-refractivity contribution in [3.63, 3.8) is 0 Å². The standard InChI is InChI=1S/C15H15P/c1-10-7-8-16-15(10)14-9-12-5-3-4-6-13(12)11(14)2/h3-9,11,16H,1-2H3. The van der Waals surface area contributed by atoms with Crippen LogP contribution < -0.4 is 0 Å². The predicted octanol–water partition coefficient (Wildman–Crippen LogP) is 4.68. The number of hydrogen-bond acceptors (Lipinski definition) is 0. The lowest BCUT2D eigenvalue weighted by Gasteiger charge is -2.11. The minimum Gasteiger partial charge on any atom is -0.132 e. The Bertz CT molecular complexity index is 560. The molecule has 0 fully saturated rings. The lowest BCUT2D eigenvalue weighted by atomic mass is 9.96. The smallest absolute Gasteiger partial charge is 0.00763 e. The summed E-state index contributed by atoms with van der Waals surface area (Å²) in [4.78, 5) is 0. The third-order valence-corrected chi connectivity index (χ3v) is 4.79. The van der Waals surface area contributed by atoms with Crippen molar-refractivity contribution in [1.82, 2.24) is 0 Å².